The summed E-state index contributed by atoms with van der Waals surface area (Å²) in [7, 11) is -4.49. The highest BCUT2D eigenvalue weighted by Crippen LogP contribution is 2.82. The quantitative estimate of drug-likeness (QED) is 0.0507. The van der Waals surface area contributed by atoms with Gasteiger partial charge in [0, 0.05) is 5.31 Å². The number of hydrogen-bond acceptors (Lipinski definition) is 0. The van der Waals surface area contributed by atoms with Gasteiger partial charge in [-0.05, 0) is 89.0 Å². The summed E-state index contributed by atoms with van der Waals surface area (Å²) in [6.45, 7) is 15.6. The molecule has 5 aromatic rings. The van der Waals surface area contributed by atoms with Gasteiger partial charge in [-0.1, -0.05) is 95.4 Å². The van der Waals surface area contributed by atoms with Gasteiger partial charge in [0.2, 0.25) is 0 Å². The van der Waals surface area contributed by atoms with Crippen LogP contribution in [0.25, 0.3) is 6.08 Å². The molecule has 0 amide bonds. The van der Waals surface area contributed by atoms with Gasteiger partial charge in [0.15, 0.2) is 34.9 Å². The van der Waals surface area contributed by atoms with Crippen LogP contribution in [0.1, 0.15) is 45.9 Å². The Morgan fingerprint density at radius 1 is 0.509 bits per heavy atom. The zero-order chi connectivity index (χ0) is 40.6. The summed E-state index contributed by atoms with van der Waals surface area (Å²) in [5, 5.41) is 0.546. The summed E-state index contributed by atoms with van der Waals surface area (Å²) in [4.78, 5) is 0. The highest BCUT2D eigenvalue weighted by Gasteiger charge is 2.74. The lowest BCUT2D eigenvalue weighted by molar-refractivity contribution is 0.382. The van der Waals surface area contributed by atoms with E-state index in [1.54, 1.807) is 96.1 Å². The second kappa shape index (κ2) is 14.0. The summed E-state index contributed by atoms with van der Waals surface area (Å²) in [6.07, 6.45) is 2.58. The predicted molar refractivity (Wildman–Crippen MR) is 202 cm³/mol. The van der Waals surface area contributed by atoms with E-state index in [0.717, 1.165) is 0 Å². The minimum atomic E-state index is -4.49. The molecule has 55 heavy (non-hydrogen) atoms. The van der Waals surface area contributed by atoms with Crippen LogP contribution in [0.5, 0.6) is 0 Å². The number of halogens is 10. The molecule has 12 heteroatoms. The first-order chi connectivity index (χ1) is 25.8. The van der Waals surface area contributed by atoms with Crippen molar-refractivity contribution in [1.29, 1.82) is 0 Å². The van der Waals surface area contributed by atoms with Crippen LogP contribution < -0.4 is 21.5 Å². The van der Waals surface area contributed by atoms with E-state index in [4.69, 9.17) is 0 Å². The standard InChI is InChI=1S/C43H34BF10P/c1-20(2)41-28(15-14-27-12-10-9-11-13-27)44(29-31(45)35(49)39(53)36(50)32(29)46,30-33(47)37(51)40(54)38(52)34(30)48)55(41,42-23(5)16-21(3)17-24(42)6)43-25(7)18-22(4)19-26(43)8/h9-19H,1H2,2-8H3/b15-14+. The SMILES string of the molecule is C=C(C)C1=C(/C=C/c2ccccc2)[B-](c2c(F)c(F)c(F)c(F)c2F)(c2c(F)c(F)c(F)c(F)c2F)[P+]1(c1c(C)cc(C)cc1C)c1c(C)cc(C)cc1C. The highest BCUT2D eigenvalue weighted by molar-refractivity contribution is 8.27. The minimum absolute atomic E-state index is 0.137. The fourth-order valence-corrected chi connectivity index (χ4v) is 16.5. The third kappa shape index (κ3) is 5.48. The number of rotatable bonds is 7. The molecule has 6 rings (SSSR count). The van der Waals surface area contributed by atoms with Crippen LogP contribution in [0.2, 0.25) is 0 Å². The molecule has 284 valence electrons. The molecule has 1 heterocycles. The van der Waals surface area contributed by atoms with Gasteiger partial charge < -0.3 is 0 Å². The first-order valence-electron chi connectivity index (χ1n) is 17.2. The van der Waals surface area contributed by atoms with Crippen molar-refractivity contribution in [2.45, 2.75) is 48.5 Å². The van der Waals surface area contributed by atoms with E-state index >= 15 is 35.1 Å². The molecule has 0 saturated heterocycles. The van der Waals surface area contributed by atoms with Crippen molar-refractivity contribution in [3.63, 3.8) is 0 Å². The first-order valence-corrected chi connectivity index (χ1v) is 19.0. The average Bonchev–Trinajstić information content (AvgIpc) is 3.11. The molecule has 0 aromatic heterocycles. The summed E-state index contributed by atoms with van der Waals surface area (Å²) in [5.74, 6) is -29.3. The Morgan fingerprint density at radius 2 is 0.836 bits per heavy atom. The second-order valence-electron chi connectivity index (χ2n) is 14.3. The van der Waals surface area contributed by atoms with Crippen molar-refractivity contribution in [1.82, 2.24) is 0 Å². The van der Waals surface area contributed by atoms with E-state index in [-0.39, 0.29) is 21.5 Å². The Labute approximate surface area is 313 Å². The molecule has 0 radical (unpaired) electrons. The Balaban J connectivity index is 2.13. The molecule has 1 aliphatic heterocycles. The summed E-state index contributed by atoms with van der Waals surface area (Å²) >= 11 is 0. The zero-order valence-corrected chi connectivity index (χ0v) is 31.8. The van der Waals surface area contributed by atoms with E-state index in [0.29, 0.717) is 38.9 Å². The second-order valence-corrected chi connectivity index (χ2v) is 17.9. The van der Waals surface area contributed by atoms with E-state index in [1.807, 2.05) is 0 Å². The fourth-order valence-electron chi connectivity index (χ4n) is 9.25. The lowest BCUT2D eigenvalue weighted by Crippen LogP contribution is -2.74. The Morgan fingerprint density at radius 3 is 1.16 bits per heavy atom. The van der Waals surface area contributed by atoms with Gasteiger partial charge in [-0.25, -0.2) is 43.9 Å². The van der Waals surface area contributed by atoms with Crippen molar-refractivity contribution in [2.75, 3.05) is 0 Å². The van der Waals surface area contributed by atoms with Crippen LogP contribution in [0.3, 0.4) is 0 Å². The molecule has 0 aliphatic carbocycles. The van der Waals surface area contributed by atoms with Crippen LogP contribution in [0.15, 0.2) is 83.6 Å². The molecule has 0 atom stereocenters. The van der Waals surface area contributed by atoms with E-state index in [2.05, 4.69) is 6.58 Å². The fraction of sp³-hybridized carbons (Fsp3) is 0.163. The van der Waals surface area contributed by atoms with Crippen LogP contribution in [-0.4, -0.2) is 5.87 Å². The molecule has 0 spiro atoms. The van der Waals surface area contributed by atoms with Crippen molar-refractivity contribution in [3.05, 3.63) is 181 Å². The van der Waals surface area contributed by atoms with Crippen molar-refractivity contribution in [2.24, 2.45) is 0 Å². The maximum atomic E-state index is 17.1. The monoisotopic (exact) mass is 782 g/mol. The zero-order valence-electron chi connectivity index (χ0n) is 30.9. The molecular weight excluding hydrogens is 748 g/mol. The Hall–Kier alpha value is -4.89. The molecule has 0 bridgehead atoms. The Kier molecular flexibility index (Phi) is 10.1. The molecule has 1 aliphatic rings. The van der Waals surface area contributed by atoms with Gasteiger partial charge in [-0.15, -0.1) is 5.47 Å². The topological polar surface area (TPSA) is 0 Å². The maximum Gasteiger partial charge on any atom is 0.277 e. The van der Waals surface area contributed by atoms with Gasteiger partial charge in [0.25, 0.3) is 5.87 Å². The van der Waals surface area contributed by atoms with E-state index < -0.39 is 87.6 Å². The van der Waals surface area contributed by atoms with Crippen LogP contribution >= 0.6 is 7.14 Å². The number of benzene rings is 5. The highest BCUT2D eigenvalue weighted by atomic mass is 31.2. The van der Waals surface area contributed by atoms with Gasteiger partial charge in [-0.3, -0.25) is 0 Å². The van der Waals surface area contributed by atoms with E-state index in [1.165, 1.54) is 19.1 Å². The number of aryl methyl sites for hydroxylation is 6. The smallest absolute Gasteiger partial charge is 0.207 e. The van der Waals surface area contributed by atoms with Gasteiger partial charge in [-0.2, -0.15) is 0 Å². The lowest BCUT2D eigenvalue weighted by Gasteiger charge is -2.63. The van der Waals surface area contributed by atoms with Crippen LogP contribution in [0, 0.1) is 99.7 Å². The van der Waals surface area contributed by atoms with Crippen molar-refractivity contribution < 1.29 is 43.9 Å². The first kappa shape index (κ1) is 39.8. The van der Waals surface area contributed by atoms with Crippen LogP contribution in [0.4, 0.5) is 43.9 Å². The summed E-state index contributed by atoms with van der Waals surface area (Å²) < 4.78 is 161. The van der Waals surface area contributed by atoms with Crippen molar-refractivity contribution in [3.8, 4) is 0 Å². The van der Waals surface area contributed by atoms with Gasteiger partial charge >= 0.3 is 0 Å². The third-order valence-electron chi connectivity index (χ3n) is 10.6. The Bertz CT molecular complexity index is 2310. The normalized spacial score (nSPS) is 14.9. The van der Waals surface area contributed by atoms with Gasteiger partial charge in [0.1, 0.15) is 23.3 Å². The largest absolute Gasteiger partial charge is 0.277 e. The number of allylic oxidation sites excluding steroid dienone is 4. The maximum absolute atomic E-state index is 17.1. The van der Waals surface area contributed by atoms with Crippen molar-refractivity contribution >= 4 is 40.6 Å². The summed E-state index contributed by atoms with van der Waals surface area (Å²) in [6, 6.07) is 14.9. The molecule has 5 aromatic carbocycles. The minimum Gasteiger partial charge on any atom is -0.207 e. The van der Waals surface area contributed by atoms with Crippen LogP contribution in [-0.2, 0) is 0 Å². The van der Waals surface area contributed by atoms with E-state index in [9.17, 15) is 8.78 Å². The molecule has 0 unspecified atom stereocenters. The molecule has 0 saturated carbocycles. The molecule has 0 fully saturated rings. The average molecular weight is 783 g/mol. The molecular formula is C43H34BF10P. The summed E-state index contributed by atoms with van der Waals surface area (Å²) in [5.41, 5.74) is -0.313. The third-order valence-corrected chi connectivity index (χ3v) is 16.7. The molecule has 0 nitrogen and oxygen atoms in total. The predicted octanol–water partition coefficient (Wildman–Crippen LogP) is 10.8. The lowest BCUT2D eigenvalue weighted by atomic mass is 9.32. The van der Waals surface area contributed by atoms with Gasteiger partial charge in [0.05, 0.1) is 10.6 Å². The number of hydrogen-bond donors (Lipinski definition) is 0. The molecule has 0 N–H and O–H groups in total.